The van der Waals surface area contributed by atoms with Crippen molar-refractivity contribution in [2.24, 2.45) is 5.92 Å². The Morgan fingerprint density at radius 2 is 1.95 bits per heavy atom. The van der Waals surface area contributed by atoms with Gasteiger partial charge in [-0.25, -0.2) is 0 Å². The second-order valence-electron chi connectivity index (χ2n) is 4.88. The van der Waals surface area contributed by atoms with Gasteiger partial charge in [0.25, 0.3) is 0 Å². The highest BCUT2D eigenvalue weighted by Crippen LogP contribution is 2.30. The topological polar surface area (TPSA) is 12.0 Å². The van der Waals surface area contributed by atoms with E-state index in [0.29, 0.717) is 12.3 Å². The minimum Gasteiger partial charge on any atom is -0.316 e. The van der Waals surface area contributed by atoms with Gasteiger partial charge in [-0.2, -0.15) is 13.2 Å². The Morgan fingerprint density at radius 3 is 2.53 bits per heavy atom. The summed E-state index contributed by atoms with van der Waals surface area (Å²) >= 11 is 0. The molecule has 0 amide bonds. The van der Waals surface area contributed by atoms with Gasteiger partial charge in [0.15, 0.2) is 0 Å². The fourth-order valence-electron chi connectivity index (χ4n) is 2.05. The molecule has 19 heavy (non-hydrogen) atoms. The molecule has 0 bridgehead atoms. The summed E-state index contributed by atoms with van der Waals surface area (Å²) < 4.78 is 37.9. The number of halogens is 3. The van der Waals surface area contributed by atoms with Gasteiger partial charge >= 0.3 is 6.18 Å². The molecule has 4 heteroatoms. The second kappa shape index (κ2) is 7.53. The molecular formula is C15H22F3N. The predicted molar refractivity (Wildman–Crippen MR) is 72.1 cm³/mol. The zero-order chi connectivity index (χ0) is 14.3. The Labute approximate surface area is 113 Å². The third-order valence-electron chi connectivity index (χ3n) is 3.22. The van der Waals surface area contributed by atoms with Crippen LogP contribution in [0.15, 0.2) is 24.3 Å². The zero-order valence-corrected chi connectivity index (χ0v) is 11.6. The number of alkyl halides is 3. The van der Waals surface area contributed by atoms with E-state index in [2.05, 4.69) is 19.2 Å². The molecule has 0 aliphatic rings. The van der Waals surface area contributed by atoms with Gasteiger partial charge in [0, 0.05) is 0 Å². The number of nitrogens with one attached hydrogen (secondary N) is 1. The molecule has 0 saturated carbocycles. The first-order valence-corrected chi connectivity index (χ1v) is 6.84. The van der Waals surface area contributed by atoms with Crippen molar-refractivity contribution < 1.29 is 13.2 Å². The summed E-state index contributed by atoms with van der Waals surface area (Å²) in [5.41, 5.74) is 0.210. The lowest BCUT2D eigenvalue weighted by atomic mass is 9.95. The average Bonchev–Trinajstić information content (AvgIpc) is 2.37. The highest BCUT2D eigenvalue weighted by Gasteiger charge is 2.30. The SMILES string of the molecule is CCCNCC(CC)Cc1cccc(C(F)(F)F)c1. The number of rotatable bonds is 7. The molecular weight excluding hydrogens is 251 g/mol. The maximum absolute atomic E-state index is 12.6. The maximum atomic E-state index is 12.6. The van der Waals surface area contributed by atoms with Crippen molar-refractivity contribution in [2.45, 2.75) is 39.3 Å². The molecule has 0 heterocycles. The molecule has 0 radical (unpaired) electrons. The minimum atomic E-state index is -4.25. The van der Waals surface area contributed by atoms with Gasteiger partial charge in [-0.05, 0) is 43.5 Å². The Hall–Kier alpha value is -1.03. The van der Waals surface area contributed by atoms with Gasteiger partial charge in [0.2, 0.25) is 0 Å². The number of hydrogen-bond donors (Lipinski definition) is 1. The first-order chi connectivity index (χ1) is 8.97. The fraction of sp³-hybridized carbons (Fsp3) is 0.600. The molecule has 1 unspecified atom stereocenters. The van der Waals surface area contributed by atoms with Gasteiger partial charge in [0.1, 0.15) is 0 Å². The molecule has 0 spiro atoms. The smallest absolute Gasteiger partial charge is 0.316 e. The molecule has 1 aromatic carbocycles. The van der Waals surface area contributed by atoms with Crippen LogP contribution in [0.5, 0.6) is 0 Å². The number of hydrogen-bond acceptors (Lipinski definition) is 1. The summed E-state index contributed by atoms with van der Waals surface area (Å²) in [6.07, 6.45) is -1.53. The lowest BCUT2D eigenvalue weighted by molar-refractivity contribution is -0.137. The molecule has 0 aliphatic carbocycles. The Kier molecular flexibility index (Phi) is 6.35. The van der Waals surface area contributed by atoms with Crippen LogP contribution in [0, 0.1) is 5.92 Å². The van der Waals surface area contributed by atoms with E-state index in [1.54, 1.807) is 6.07 Å². The summed E-state index contributed by atoms with van der Waals surface area (Å²) in [6.45, 7) is 5.99. The average molecular weight is 273 g/mol. The van der Waals surface area contributed by atoms with Crippen LogP contribution in [0.2, 0.25) is 0 Å². The van der Waals surface area contributed by atoms with Crippen LogP contribution < -0.4 is 5.32 Å². The van der Waals surface area contributed by atoms with E-state index < -0.39 is 11.7 Å². The zero-order valence-electron chi connectivity index (χ0n) is 11.6. The van der Waals surface area contributed by atoms with Crippen molar-refractivity contribution >= 4 is 0 Å². The standard InChI is InChI=1S/C15H22F3N/c1-3-8-19-11-12(4-2)9-13-6-5-7-14(10-13)15(16,17)18/h5-7,10,12,19H,3-4,8-9,11H2,1-2H3. The molecule has 1 nitrogen and oxygen atoms in total. The molecule has 1 aromatic rings. The van der Waals surface area contributed by atoms with Crippen LogP contribution in [-0.4, -0.2) is 13.1 Å². The largest absolute Gasteiger partial charge is 0.416 e. The summed E-state index contributed by atoms with van der Waals surface area (Å²) in [5.74, 6) is 0.384. The van der Waals surface area contributed by atoms with Crippen molar-refractivity contribution in [2.75, 3.05) is 13.1 Å². The van der Waals surface area contributed by atoms with E-state index in [1.807, 2.05) is 0 Å². The van der Waals surface area contributed by atoms with Crippen molar-refractivity contribution in [3.63, 3.8) is 0 Å². The molecule has 1 atom stereocenters. The summed E-state index contributed by atoms with van der Waals surface area (Å²) in [6, 6.07) is 5.66. The lowest BCUT2D eigenvalue weighted by Gasteiger charge is -2.16. The van der Waals surface area contributed by atoms with Crippen LogP contribution in [0.3, 0.4) is 0 Å². The first-order valence-electron chi connectivity index (χ1n) is 6.84. The fourth-order valence-corrected chi connectivity index (χ4v) is 2.05. The Morgan fingerprint density at radius 1 is 1.21 bits per heavy atom. The Balaban J connectivity index is 2.64. The van der Waals surface area contributed by atoms with Crippen LogP contribution in [-0.2, 0) is 12.6 Å². The van der Waals surface area contributed by atoms with Crippen molar-refractivity contribution in [3.8, 4) is 0 Å². The molecule has 1 N–H and O–H groups in total. The normalized spacial score (nSPS) is 13.5. The molecule has 108 valence electrons. The van der Waals surface area contributed by atoms with Gasteiger partial charge in [-0.15, -0.1) is 0 Å². The maximum Gasteiger partial charge on any atom is 0.416 e. The van der Waals surface area contributed by atoms with E-state index >= 15 is 0 Å². The molecule has 0 fully saturated rings. The molecule has 0 aromatic heterocycles. The third-order valence-corrected chi connectivity index (χ3v) is 3.22. The monoisotopic (exact) mass is 273 g/mol. The summed E-state index contributed by atoms with van der Waals surface area (Å²) in [7, 11) is 0. The summed E-state index contributed by atoms with van der Waals surface area (Å²) in [5, 5.41) is 3.33. The van der Waals surface area contributed by atoms with E-state index in [1.165, 1.54) is 12.1 Å². The van der Waals surface area contributed by atoms with Crippen LogP contribution in [0.1, 0.15) is 37.8 Å². The van der Waals surface area contributed by atoms with Crippen molar-refractivity contribution in [1.82, 2.24) is 5.32 Å². The van der Waals surface area contributed by atoms with Gasteiger partial charge < -0.3 is 5.32 Å². The minimum absolute atomic E-state index is 0.384. The van der Waals surface area contributed by atoms with E-state index in [-0.39, 0.29) is 0 Å². The lowest BCUT2D eigenvalue weighted by Crippen LogP contribution is -2.24. The summed E-state index contributed by atoms with van der Waals surface area (Å²) in [4.78, 5) is 0. The van der Waals surface area contributed by atoms with Gasteiger partial charge in [-0.1, -0.05) is 38.5 Å². The van der Waals surface area contributed by atoms with E-state index in [0.717, 1.165) is 37.6 Å². The molecule has 1 rings (SSSR count). The highest BCUT2D eigenvalue weighted by molar-refractivity contribution is 5.26. The first kappa shape index (κ1) is 16.0. The third kappa shape index (κ3) is 5.64. The van der Waals surface area contributed by atoms with Crippen molar-refractivity contribution in [3.05, 3.63) is 35.4 Å². The van der Waals surface area contributed by atoms with Gasteiger partial charge in [0.05, 0.1) is 5.56 Å². The van der Waals surface area contributed by atoms with Gasteiger partial charge in [-0.3, -0.25) is 0 Å². The van der Waals surface area contributed by atoms with E-state index in [4.69, 9.17) is 0 Å². The van der Waals surface area contributed by atoms with Crippen LogP contribution in [0.4, 0.5) is 13.2 Å². The predicted octanol–water partition coefficient (Wildman–Crippen LogP) is 4.27. The molecule has 0 saturated heterocycles. The van der Waals surface area contributed by atoms with Crippen LogP contribution >= 0.6 is 0 Å². The van der Waals surface area contributed by atoms with Crippen molar-refractivity contribution in [1.29, 1.82) is 0 Å². The second-order valence-corrected chi connectivity index (χ2v) is 4.88. The number of benzene rings is 1. The van der Waals surface area contributed by atoms with E-state index in [9.17, 15) is 13.2 Å². The quantitative estimate of drug-likeness (QED) is 0.731. The van der Waals surface area contributed by atoms with Crippen LogP contribution in [0.25, 0.3) is 0 Å². The Bertz CT molecular complexity index is 374. The highest BCUT2D eigenvalue weighted by atomic mass is 19.4. The molecule has 0 aliphatic heterocycles.